The maximum atomic E-state index is 2.90. The predicted octanol–water partition coefficient (Wildman–Crippen LogP) is 3.86. The van der Waals surface area contributed by atoms with E-state index in [0.717, 1.165) is 11.8 Å². The minimum atomic E-state index is 0. The second kappa shape index (κ2) is 24.5. The molecule has 0 aromatic heterocycles. The summed E-state index contributed by atoms with van der Waals surface area (Å²) in [5.74, 6) is 33.9. The van der Waals surface area contributed by atoms with E-state index in [1.165, 1.54) is 0 Å². The topological polar surface area (TPSA) is 0 Å². The van der Waals surface area contributed by atoms with Crippen molar-refractivity contribution < 1.29 is 34.1 Å². The second-order valence-electron chi connectivity index (χ2n) is 5.77. The van der Waals surface area contributed by atoms with E-state index in [-0.39, 0.29) is 34.1 Å². The van der Waals surface area contributed by atoms with Crippen molar-refractivity contribution in [3.63, 3.8) is 0 Å². The van der Waals surface area contributed by atoms with E-state index in [9.17, 15) is 0 Å². The fourth-order valence-corrected chi connectivity index (χ4v) is 2.01. The average Bonchev–Trinajstić information content (AvgIpc) is 3.63. The predicted molar refractivity (Wildman–Crippen MR) is 131 cm³/mol. The van der Waals surface area contributed by atoms with E-state index in [0.29, 0.717) is 0 Å². The van der Waals surface area contributed by atoms with Gasteiger partial charge >= 0.3 is 0 Å². The van der Waals surface area contributed by atoms with Crippen LogP contribution in [0.4, 0.5) is 0 Å². The largest absolute Gasteiger partial charge is 0.0800 e. The Bertz CT molecular complexity index is 793. The van der Waals surface area contributed by atoms with Crippen molar-refractivity contribution in [3.8, 4) is 71.0 Å². The van der Waals surface area contributed by atoms with Crippen LogP contribution >= 0.6 is 0 Å². The van der Waals surface area contributed by atoms with E-state index >= 15 is 0 Å². The molecule has 34 heavy (non-hydrogen) atoms. The molecule has 0 unspecified atom stereocenters. The van der Waals surface area contributed by atoms with Gasteiger partial charge < -0.3 is 0 Å². The van der Waals surface area contributed by atoms with Gasteiger partial charge in [-0.1, -0.05) is 11.8 Å². The van der Waals surface area contributed by atoms with Gasteiger partial charge in [-0.2, -0.15) is 0 Å². The van der Waals surface area contributed by atoms with Gasteiger partial charge in [0.25, 0.3) is 0 Å². The quantitative estimate of drug-likeness (QED) is 0.341. The Morgan fingerprint density at radius 3 is 0.706 bits per heavy atom. The second-order valence-corrected chi connectivity index (χ2v) is 5.77. The summed E-state index contributed by atoms with van der Waals surface area (Å²) in [5.41, 5.74) is 0. The van der Waals surface area contributed by atoms with Gasteiger partial charge in [0, 0.05) is 34.1 Å². The minimum Gasteiger partial charge on any atom is -0.0800 e. The molecule has 4 aliphatic rings. The summed E-state index contributed by atoms with van der Waals surface area (Å²) in [5, 5.41) is 0. The zero-order valence-electron chi connectivity index (χ0n) is 18.1. The minimum absolute atomic E-state index is 0. The van der Waals surface area contributed by atoms with Crippen LogP contribution < -0.4 is 0 Å². The van der Waals surface area contributed by atoms with Crippen LogP contribution in [-0.2, 0) is 34.1 Å². The molecule has 0 amide bonds. The molecule has 0 atom stereocenters. The Hall–Kier alpha value is -1.60. The summed E-state index contributed by atoms with van der Waals surface area (Å²) in [7, 11) is 0. The first-order valence-corrected chi connectivity index (χ1v) is 9.74. The summed E-state index contributed by atoms with van der Waals surface area (Å²) in [4.78, 5) is 0. The van der Waals surface area contributed by atoms with Gasteiger partial charge in [0.2, 0.25) is 0 Å². The molecule has 4 rings (SSSR count). The summed E-state index contributed by atoms with van der Waals surface area (Å²) in [6.45, 7) is 0. The summed E-state index contributed by atoms with van der Waals surface area (Å²) >= 11 is 0. The Morgan fingerprint density at radius 2 is 0.471 bits per heavy atom. The van der Waals surface area contributed by atoms with Crippen LogP contribution in [0.1, 0.15) is 0 Å². The van der Waals surface area contributed by atoms with Gasteiger partial charge in [0.1, 0.15) is 0 Å². The standard InChI is InChI=1S/C22H8.2C5H5.2Fe/c1(3-5-7-9-15-21-17-11-12-18-21)2-4-6-8-10-16-22-19-13-14-20-22;2*1-2-4-5-3-1;;/h11-14,17-20H;2*1-5H;;. The average molecular weight is 514 g/mol. The summed E-state index contributed by atoms with van der Waals surface area (Å²) < 4.78 is 0. The molecular weight excluding hydrogens is 496 g/mol. The third-order valence-electron chi connectivity index (χ3n) is 3.41. The molecule has 0 spiro atoms. The zero-order valence-corrected chi connectivity index (χ0v) is 20.3. The van der Waals surface area contributed by atoms with Crippen LogP contribution in [0.2, 0.25) is 0 Å². The fourth-order valence-electron chi connectivity index (χ4n) is 2.01. The van der Waals surface area contributed by atoms with Gasteiger partial charge in [-0.05, 0) is 175 Å². The normalized spacial score (nSPS) is 17.3. The van der Waals surface area contributed by atoms with E-state index in [1.807, 2.05) is 116 Å². The smallest absolute Gasteiger partial charge is 0.0564 e. The van der Waals surface area contributed by atoms with Crippen molar-refractivity contribution in [2.75, 3.05) is 0 Å². The van der Waals surface area contributed by atoms with Crippen molar-refractivity contribution in [1.82, 2.24) is 0 Å². The third-order valence-corrected chi connectivity index (χ3v) is 3.41. The number of hydrogen-bond acceptors (Lipinski definition) is 0. The van der Waals surface area contributed by atoms with Crippen LogP contribution in [0.3, 0.4) is 0 Å². The van der Waals surface area contributed by atoms with Gasteiger partial charge in [-0.15, -0.1) is 0 Å². The Kier molecular flexibility index (Phi) is 23.4. The molecule has 4 fully saturated rings. The van der Waals surface area contributed by atoms with E-state index in [2.05, 4.69) is 71.0 Å². The van der Waals surface area contributed by atoms with Crippen molar-refractivity contribution in [1.29, 1.82) is 0 Å². The zero-order chi connectivity index (χ0) is 22.4. The molecule has 0 nitrogen and oxygen atoms in total. The Morgan fingerprint density at radius 1 is 0.265 bits per heavy atom. The van der Waals surface area contributed by atoms with E-state index < -0.39 is 0 Å². The maximum absolute atomic E-state index is 2.90. The molecule has 4 saturated carbocycles. The van der Waals surface area contributed by atoms with Crippen LogP contribution in [-0.4, -0.2) is 0 Å². The van der Waals surface area contributed by atoms with Crippen LogP contribution in [0.5, 0.6) is 0 Å². The molecule has 0 aromatic rings. The molecule has 20 radical (unpaired) electrons. The van der Waals surface area contributed by atoms with Crippen LogP contribution in [0.15, 0.2) is 0 Å². The van der Waals surface area contributed by atoms with Gasteiger partial charge in [-0.25, -0.2) is 0 Å². The molecule has 0 N–H and O–H groups in total. The number of hydrogen-bond donors (Lipinski definition) is 0. The van der Waals surface area contributed by atoms with E-state index in [4.69, 9.17) is 0 Å². The van der Waals surface area contributed by atoms with Crippen LogP contribution in [0, 0.1) is 198 Å². The van der Waals surface area contributed by atoms with Gasteiger partial charge in [0.05, 0.1) is 11.8 Å². The van der Waals surface area contributed by atoms with Crippen molar-refractivity contribution >= 4 is 0 Å². The third kappa shape index (κ3) is 18.8. The van der Waals surface area contributed by atoms with Crippen LogP contribution in [0.25, 0.3) is 0 Å². The molecule has 0 heterocycles. The fraction of sp³-hybridized carbons (Fsp3) is 0. The molecule has 4 aliphatic carbocycles. The van der Waals surface area contributed by atoms with Crippen molar-refractivity contribution in [2.24, 2.45) is 0 Å². The molecule has 162 valence electrons. The van der Waals surface area contributed by atoms with Gasteiger partial charge in [-0.3, -0.25) is 0 Å². The van der Waals surface area contributed by atoms with Crippen molar-refractivity contribution in [3.05, 3.63) is 127 Å². The molecule has 0 bridgehead atoms. The van der Waals surface area contributed by atoms with Gasteiger partial charge in [0.15, 0.2) is 0 Å². The Labute approximate surface area is 231 Å². The monoisotopic (exact) mass is 514 g/mol. The van der Waals surface area contributed by atoms with Crippen molar-refractivity contribution in [2.45, 2.75) is 0 Å². The first-order chi connectivity index (χ1) is 15.9. The van der Waals surface area contributed by atoms with E-state index in [1.54, 1.807) is 0 Å². The molecule has 0 saturated heterocycles. The number of rotatable bonds is 0. The molecule has 0 aromatic carbocycles. The SMILES string of the molecule is C(C#CC#CC#C[C]1[CH][CH][CH][CH]1)#CC#CC#C[C]1[CH][CH][CH][CH]1.[CH]1[CH][CH][CH][CH]1.[CH]1[CH][CH][CH][CH]1.[Fe].[Fe]. The molecule has 2 heteroatoms. The summed E-state index contributed by atoms with van der Waals surface area (Å²) in [6.07, 6.45) is 35.4. The maximum Gasteiger partial charge on any atom is 0.0564 e. The first kappa shape index (κ1) is 32.4. The molecule has 0 aliphatic heterocycles. The summed E-state index contributed by atoms with van der Waals surface area (Å²) in [6, 6.07) is 0. The molecular formula is C32H18Fe2. The first-order valence-electron chi connectivity index (χ1n) is 9.74. The Balaban J connectivity index is 0.000000746.